The molecule has 1 rings (SSSR count). The first-order chi connectivity index (χ1) is 7.24. The van der Waals surface area contributed by atoms with E-state index in [4.69, 9.17) is 0 Å². The first-order valence-corrected chi connectivity index (χ1v) is 6.30. The molecule has 0 atom stereocenters. The van der Waals surface area contributed by atoms with E-state index in [0.717, 1.165) is 32.5 Å². The van der Waals surface area contributed by atoms with E-state index in [1.807, 2.05) is 18.7 Å². The van der Waals surface area contributed by atoms with Gasteiger partial charge in [0.15, 0.2) is 0 Å². The van der Waals surface area contributed by atoms with Crippen molar-refractivity contribution in [1.29, 1.82) is 0 Å². The van der Waals surface area contributed by atoms with Crippen LogP contribution >= 0.6 is 0 Å². The highest BCUT2D eigenvalue weighted by Crippen LogP contribution is 2.28. The minimum atomic E-state index is 0.246. The molecule has 0 aromatic heterocycles. The third-order valence-electron chi connectivity index (χ3n) is 3.02. The first-order valence-electron chi connectivity index (χ1n) is 6.30. The standard InChI is InChI=1S/C12H24N2O/c1-4-7-10-14(11-8-9-11)12(15)13(5-2)6-3/h11H,4-10H2,1-3H3. The number of amides is 2. The fraction of sp³-hybridized carbons (Fsp3) is 0.917. The van der Waals surface area contributed by atoms with E-state index in [1.165, 1.54) is 12.8 Å². The van der Waals surface area contributed by atoms with Crippen molar-refractivity contribution in [2.45, 2.75) is 52.5 Å². The molecule has 0 aliphatic heterocycles. The third-order valence-corrected chi connectivity index (χ3v) is 3.02. The summed E-state index contributed by atoms with van der Waals surface area (Å²) >= 11 is 0. The Morgan fingerprint density at radius 3 is 2.20 bits per heavy atom. The summed E-state index contributed by atoms with van der Waals surface area (Å²) in [5.41, 5.74) is 0. The number of carbonyl (C=O) groups excluding carboxylic acids is 1. The molecule has 1 saturated carbocycles. The molecule has 0 bridgehead atoms. The normalized spacial score (nSPS) is 15.1. The van der Waals surface area contributed by atoms with Crippen molar-refractivity contribution in [2.75, 3.05) is 19.6 Å². The molecular formula is C12H24N2O. The topological polar surface area (TPSA) is 23.6 Å². The molecule has 0 N–H and O–H groups in total. The molecule has 0 aromatic rings. The molecule has 3 heteroatoms. The van der Waals surface area contributed by atoms with Gasteiger partial charge in [-0.15, -0.1) is 0 Å². The number of carbonyl (C=O) groups is 1. The minimum Gasteiger partial charge on any atom is -0.325 e. The quantitative estimate of drug-likeness (QED) is 0.664. The Morgan fingerprint density at radius 2 is 1.80 bits per heavy atom. The second-order valence-corrected chi connectivity index (χ2v) is 4.23. The van der Waals surface area contributed by atoms with E-state index >= 15 is 0 Å². The molecular weight excluding hydrogens is 188 g/mol. The van der Waals surface area contributed by atoms with E-state index in [-0.39, 0.29) is 6.03 Å². The summed E-state index contributed by atoms with van der Waals surface area (Å²) < 4.78 is 0. The van der Waals surface area contributed by atoms with Gasteiger partial charge in [0, 0.05) is 25.7 Å². The van der Waals surface area contributed by atoms with Gasteiger partial charge in [0.2, 0.25) is 0 Å². The van der Waals surface area contributed by atoms with Crippen LogP contribution in [0.2, 0.25) is 0 Å². The van der Waals surface area contributed by atoms with Gasteiger partial charge in [0.1, 0.15) is 0 Å². The van der Waals surface area contributed by atoms with Gasteiger partial charge in [-0.05, 0) is 33.1 Å². The van der Waals surface area contributed by atoms with Gasteiger partial charge in [-0.2, -0.15) is 0 Å². The second-order valence-electron chi connectivity index (χ2n) is 4.23. The van der Waals surface area contributed by atoms with Crippen LogP contribution in [0.3, 0.4) is 0 Å². The number of nitrogens with zero attached hydrogens (tertiary/aromatic N) is 2. The molecule has 88 valence electrons. The van der Waals surface area contributed by atoms with E-state index in [2.05, 4.69) is 11.8 Å². The Labute approximate surface area is 93.4 Å². The zero-order chi connectivity index (χ0) is 11.3. The molecule has 15 heavy (non-hydrogen) atoms. The van der Waals surface area contributed by atoms with Crippen LogP contribution in [0.15, 0.2) is 0 Å². The Kier molecular flexibility index (Phi) is 4.92. The molecule has 1 aliphatic rings. The molecule has 0 spiro atoms. The van der Waals surface area contributed by atoms with Crippen LogP contribution in [-0.2, 0) is 0 Å². The Hall–Kier alpha value is -0.730. The maximum absolute atomic E-state index is 12.1. The molecule has 0 aromatic carbocycles. The maximum Gasteiger partial charge on any atom is 0.320 e. The van der Waals surface area contributed by atoms with Crippen molar-refractivity contribution in [3.63, 3.8) is 0 Å². The lowest BCUT2D eigenvalue weighted by Gasteiger charge is -2.29. The molecule has 2 amide bonds. The van der Waals surface area contributed by atoms with Gasteiger partial charge in [0.05, 0.1) is 0 Å². The van der Waals surface area contributed by atoms with Gasteiger partial charge in [-0.25, -0.2) is 4.79 Å². The van der Waals surface area contributed by atoms with E-state index in [9.17, 15) is 4.79 Å². The summed E-state index contributed by atoms with van der Waals surface area (Å²) in [5, 5.41) is 0. The molecule has 0 radical (unpaired) electrons. The van der Waals surface area contributed by atoms with Crippen molar-refractivity contribution in [3.8, 4) is 0 Å². The summed E-state index contributed by atoms with van der Waals surface area (Å²) in [6, 6.07) is 0.792. The van der Waals surface area contributed by atoms with Gasteiger partial charge in [-0.1, -0.05) is 13.3 Å². The molecule has 0 unspecified atom stereocenters. The fourth-order valence-corrected chi connectivity index (χ4v) is 1.82. The number of rotatable bonds is 6. The number of unbranched alkanes of at least 4 members (excludes halogenated alkanes) is 1. The number of urea groups is 1. The van der Waals surface area contributed by atoms with Crippen LogP contribution < -0.4 is 0 Å². The smallest absolute Gasteiger partial charge is 0.320 e. The predicted molar refractivity (Wildman–Crippen MR) is 63.0 cm³/mol. The number of hydrogen-bond acceptors (Lipinski definition) is 1. The van der Waals surface area contributed by atoms with E-state index in [1.54, 1.807) is 0 Å². The zero-order valence-corrected chi connectivity index (χ0v) is 10.3. The third kappa shape index (κ3) is 3.40. The van der Waals surface area contributed by atoms with E-state index in [0.29, 0.717) is 6.04 Å². The Bertz CT molecular complexity index is 198. The van der Waals surface area contributed by atoms with Crippen LogP contribution in [0.4, 0.5) is 4.79 Å². The van der Waals surface area contributed by atoms with Gasteiger partial charge < -0.3 is 9.80 Å². The van der Waals surface area contributed by atoms with Crippen LogP contribution in [0.25, 0.3) is 0 Å². The predicted octanol–water partition coefficient (Wildman–Crippen LogP) is 2.71. The second kappa shape index (κ2) is 5.99. The van der Waals surface area contributed by atoms with Crippen LogP contribution in [-0.4, -0.2) is 41.5 Å². The monoisotopic (exact) mass is 212 g/mol. The Morgan fingerprint density at radius 1 is 1.20 bits per heavy atom. The summed E-state index contributed by atoms with van der Waals surface area (Å²) in [6.45, 7) is 8.86. The highest BCUT2D eigenvalue weighted by Gasteiger charge is 2.33. The molecule has 0 heterocycles. The summed E-state index contributed by atoms with van der Waals surface area (Å²) in [5.74, 6) is 0. The SMILES string of the molecule is CCCCN(C(=O)N(CC)CC)C1CC1. The average molecular weight is 212 g/mol. The van der Waals surface area contributed by atoms with Crippen LogP contribution in [0.1, 0.15) is 46.5 Å². The van der Waals surface area contributed by atoms with Gasteiger partial charge in [-0.3, -0.25) is 0 Å². The lowest BCUT2D eigenvalue weighted by molar-refractivity contribution is 0.153. The summed E-state index contributed by atoms with van der Waals surface area (Å²) in [7, 11) is 0. The van der Waals surface area contributed by atoms with Crippen LogP contribution in [0, 0.1) is 0 Å². The van der Waals surface area contributed by atoms with Crippen molar-refractivity contribution in [3.05, 3.63) is 0 Å². The lowest BCUT2D eigenvalue weighted by Crippen LogP contribution is -2.44. The van der Waals surface area contributed by atoms with Crippen molar-refractivity contribution >= 4 is 6.03 Å². The summed E-state index contributed by atoms with van der Waals surface area (Å²) in [6.07, 6.45) is 4.70. The van der Waals surface area contributed by atoms with Gasteiger partial charge in [0.25, 0.3) is 0 Å². The largest absolute Gasteiger partial charge is 0.325 e. The molecule has 0 saturated heterocycles. The van der Waals surface area contributed by atoms with Crippen molar-refractivity contribution < 1.29 is 4.79 Å². The zero-order valence-electron chi connectivity index (χ0n) is 10.3. The summed E-state index contributed by atoms with van der Waals surface area (Å²) in [4.78, 5) is 16.1. The molecule has 3 nitrogen and oxygen atoms in total. The van der Waals surface area contributed by atoms with Crippen molar-refractivity contribution in [1.82, 2.24) is 9.80 Å². The average Bonchev–Trinajstić information content (AvgIpc) is 3.04. The fourth-order valence-electron chi connectivity index (χ4n) is 1.82. The lowest BCUT2D eigenvalue weighted by atomic mass is 10.3. The highest BCUT2D eigenvalue weighted by molar-refractivity contribution is 5.75. The Balaban J connectivity index is 2.49. The van der Waals surface area contributed by atoms with Gasteiger partial charge >= 0.3 is 6.03 Å². The molecule has 1 fully saturated rings. The maximum atomic E-state index is 12.1. The van der Waals surface area contributed by atoms with Crippen molar-refractivity contribution in [2.24, 2.45) is 0 Å². The van der Waals surface area contributed by atoms with E-state index < -0.39 is 0 Å². The minimum absolute atomic E-state index is 0.246. The van der Waals surface area contributed by atoms with Crippen LogP contribution in [0.5, 0.6) is 0 Å². The number of hydrogen-bond donors (Lipinski definition) is 0. The first kappa shape index (κ1) is 12.3. The highest BCUT2D eigenvalue weighted by atomic mass is 16.2. The molecule has 1 aliphatic carbocycles.